The Morgan fingerprint density at radius 1 is 1.24 bits per heavy atom. The summed E-state index contributed by atoms with van der Waals surface area (Å²) in [5.41, 5.74) is -0.0276. The smallest absolute Gasteiger partial charge is 0.133 e. The Hall–Kier alpha value is -1.03. The fourth-order valence-corrected chi connectivity index (χ4v) is 2.12. The summed E-state index contributed by atoms with van der Waals surface area (Å²) in [5.74, 6) is -1.92. The average molecular weight is 243 g/mol. The summed E-state index contributed by atoms with van der Waals surface area (Å²) in [4.78, 5) is 0. The van der Waals surface area contributed by atoms with Crippen molar-refractivity contribution < 1.29 is 13.2 Å². The third kappa shape index (κ3) is 3.00. The molecule has 1 nitrogen and oxygen atoms in total. The lowest BCUT2D eigenvalue weighted by molar-refractivity contribution is 0.431. The van der Waals surface area contributed by atoms with Gasteiger partial charge in [-0.1, -0.05) is 19.8 Å². The summed E-state index contributed by atoms with van der Waals surface area (Å²) in [5, 5.41) is 3.07. The van der Waals surface area contributed by atoms with Gasteiger partial charge in [0.15, 0.2) is 0 Å². The van der Waals surface area contributed by atoms with Gasteiger partial charge in [-0.05, 0) is 18.9 Å². The number of hydrogen-bond donors (Lipinski definition) is 1. The van der Waals surface area contributed by atoms with E-state index in [-0.39, 0.29) is 11.6 Å². The molecule has 1 saturated carbocycles. The van der Waals surface area contributed by atoms with Crippen LogP contribution in [0, 0.1) is 23.4 Å². The third-order valence-electron chi connectivity index (χ3n) is 3.11. The highest BCUT2D eigenvalue weighted by atomic mass is 19.1. The number of rotatable bonds is 5. The maximum atomic E-state index is 13.6. The van der Waals surface area contributed by atoms with Gasteiger partial charge in [-0.15, -0.1) is 0 Å². The van der Waals surface area contributed by atoms with Crippen molar-refractivity contribution in [3.63, 3.8) is 0 Å². The highest BCUT2D eigenvalue weighted by Crippen LogP contribution is 2.38. The molecule has 94 valence electrons. The Morgan fingerprint density at radius 2 is 1.82 bits per heavy atom. The highest BCUT2D eigenvalue weighted by Gasteiger charge is 2.29. The van der Waals surface area contributed by atoms with Gasteiger partial charge in [-0.3, -0.25) is 0 Å². The molecule has 17 heavy (non-hydrogen) atoms. The largest absolute Gasteiger partial charge is 0.310 e. The van der Waals surface area contributed by atoms with Crippen LogP contribution in [-0.2, 0) is 0 Å². The molecule has 0 heterocycles. The van der Waals surface area contributed by atoms with Crippen molar-refractivity contribution in [2.75, 3.05) is 6.54 Å². The van der Waals surface area contributed by atoms with Crippen molar-refractivity contribution in [3.8, 4) is 0 Å². The summed E-state index contributed by atoms with van der Waals surface area (Å²) in [6, 6.07) is 1.14. The molecule has 4 heteroatoms. The Labute approximate surface area is 99.0 Å². The maximum Gasteiger partial charge on any atom is 0.133 e. The van der Waals surface area contributed by atoms with Gasteiger partial charge in [-0.25, -0.2) is 13.2 Å². The summed E-state index contributed by atoms with van der Waals surface area (Å²) in [6.07, 6.45) is 2.95. The minimum atomic E-state index is -0.870. The molecule has 1 atom stereocenters. The van der Waals surface area contributed by atoms with Crippen LogP contribution in [0.4, 0.5) is 13.2 Å². The fourth-order valence-electron chi connectivity index (χ4n) is 2.12. The van der Waals surface area contributed by atoms with Gasteiger partial charge in [0.2, 0.25) is 0 Å². The Morgan fingerprint density at radius 3 is 2.29 bits per heavy atom. The molecule has 0 radical (unpaired) electrons. The minimum absolute atomic E-state index is 0.0276. The Balaban J connectivity index is 2.26. The van der Waals surface area contributed by atoms with Crippen LogP contribution in [0.25, 0.3) is 0 Å². The van der Waals surface area contributed by atoms with Gasteiger partial charge >= 0.3 is 0 Å². The third-order valence-corrected chi connectivity index (χ3v) is 3.11. The molecule has 0 aliphatic heterocycles. The molecule has 0 spiro atoms. The van der Waals surface area contributed by atoms with Crippen molar-refractivity contribution in [1.29, 1.82) is 0 Å². The Bertz CT molecular complexity index is 379. The predicted octanol–water partition coefficient (Wildman–Crippen LogP) is 3.55. The first-order chi connectivity index (χ1) is 8.11. The van der Waals surface area contributed by atoms with E-state index in [1.807, 2.05) is 6.92 Å². The van der Waals surface area contributed by atoms with Crippen molar-refractivity contribution in [2.24, 2.45) is 5.92 Å². The Kier molecular flexibility index (Phi) is 3.72. The van der Waals surface area contributed by atoms with E-state index >= 15 is 0 Å². The SMILES string of the molecule is CCNC(CC1CC1)c1c(F)cc(F)cc1F. The number of hydrogen-bond acceptors (Lipinski definition) is 1. The van der Waals surface area contributed by atoms with Crippen molar-refractivity contribution >= 4 is 0 Å². The van der Waals surface area contributed by atoms with Gasteiger partial charge in [0, 0.05) is 23.7 Å². The molecule has 0 aromatic heterocycles. The minimum Gasteiger partial charge on any atom is -0.310 e. The predicted molar refractivity (Wildman–Crippen MR) is 60.1 cm³/mol. The zero-order valence-electron chi connectivity index (χ0n) is 9.77. The fraction of sp³-hybridized carbons (Fsp3) is 0.538. The van der Waals surface area contributed by atoms with E-state index in [4.69, 9.17) is 0 Å². The van der Waals surface area contributed by atoms with Gasteiger partial charge in [-0.2, -0.15) is 0 Å². The quantitative estimate of drug-likeness (QED) is 0.833. The molecule has 1 aromatic rings. The van der Waals surface area contributed by atoms with E-state index in [1.54, 1.807) is 0 Å². The molecule has 0 bridgehead atoms. The van der Waals surface area contributed by atoms with Crippen LogP contribution in [0.15, 0.2) is 12.1 Å². The molecule has 2 rings (SSSR count). The van der Waals surface area contributed by atoms with Crippen LogP contribution >= 0.6 is 0 Å². The van der Waals surface area contributed by atoms with Crippen LogP contribution in [0.5, 0.6) is 0 Å². The van der Waals surface area contributed by atoms with E-state index in [0.29, 0.717) is 18.9 Å². The number of nitrogens with one attached hydrogen (secondary N) is 1. The number of halogens is 3. The van der Waals surface area contributed by atoms with Crippen molar-refractivity contribution in [3.05, 3.63) is 35.1 Å². The van der Waals surface area contributed by atoms with Gasteiger partial charge in [0.25, 0.3) is 0 Å². The summed E-state index contributed by atoms with van der Waals surface area (Å²) >= 11 is 0. The lowest BCUT2D eigenvalue weighted by Crippen LogP contribution is -2.23. The normalized spacial score (nSPS) is 17.2. The maximum absolute atomic E-state index is 13.6. The van der Waals surface area contributed by atoms with E-state index in [1.165, 1.54) is 0 Å². The lowest BCUT2D eigenvalue weighted by Gasteiger charge is -2.19. The second-order valence-electron chi connectivity index (χ2n) is 4.57. The lowest BCUT2D eigenvalue weighted by atomic mass is 9.99. The van der Waals surface area contributed by atoms with E-state index in [0.717, 1.165) is 25.0 Å². The molecule has 0 saturated heterocycles. The van der Waals surface area contributed by atoms with Crippen LogP contribution in [0.3, 0.4) is 0 Å². The van der Waals surface area contributed by atoms with Gasteiger partial charge < -0.3 is 5.32 Å². The highest BCUT2D eigenvalue weighted by molar-refractivity contribution is 5.24. The summed E-state index contributed by atoms with van der Waals surface area (Å²) in [7, 11) is 0. The standard InChI is InChI=1S/C13H16F3N/c1-2-17-12(5-8-3-4-8)13-10(15)6-9(14)7-11(13)16/h6-8,12,17H,2-5H2,1H3. The summed E-state index contributed by atoms with van der Waals surface area (Å²) in [6.45, 7) is 2.52. The molecule has 0 amide bonds. The first-order valence-corrected chi connectivity index (χ1v) is 5.99. The second kappa shape index (κ2) is 5.08. The average Bonchev–Trinajstić information content (AvgIpc) is 3.00. The van der Waals surface area contributed by atoms with Crippen LogP contribution in [0.2, 0.25) is 0 Å². The van der Waals surface area contributed by atoms with Crippen molar-refractivity contribution in [1.82, 2.24) is 5.32 Å². The van der Waals surface area contributed by atoms with Crippen LogP contribution in [-0.4, -0.2) is 6.54 Å². The summed E-state index contributed by atoms with van der Waals surface area (Å²) < 4.78 is 40.1. The molecule has 1 aromatic carbocycles. The monoisotopic (exact) mass is 243 g/mol. The first kappa shape index (κ1) is 12.4. The second-order valence-corrected chi connectivity index (χ2v) is 4.57. The van der Waals surface area contributed by atoms with E-state index in [9.17, 15) is 13.2 Å². The molecule has 1 aliphatic rings. The zero-order chi connectivity index (χ0) is 12.4. The van der Waals surface area contributed by atoms with Crippen LogP contribution in [0.1, 0.15) is 37.8 Å². The molecule has 1 unspecified atom stereocenters. The van der Waals surface area contributed by atoms with E-state index in [2.05, 4.69) is 5.32 Å². The van der Waals surface area contributed by atoms with Gasteiger partial charge in [0.05, 0.1) is 0 Å². The topological polar surface area (TPSA) is 12.0 Å². The molecular weight excluding hydrogens is 227 g/mol. The first-order valence-electron chi connectivity index (χ1n) is 5.99. The molecule has 1 N–H and O–H groups in total. The molecule has 1 aliphatic carbocycles. The zero-order valence-corrected chi connectivity index (χ0v) is 9.77. The molecular formula is C13H16F3N. The van der Waals surface area contributed by atoms with Crippen molar-refractivity contribution in [2.45, 2.75) is 32.2 Å². The van der Waals surface area contributed by atoms with E-state index < -0.39 is 17.5 Å². The van der Waals surface area contributed by atoms with Crippen LogP contribution < -0.4 is 5.32 Å². The van der Waals surface area contributed by atoms with Gasteiger partial charge in [0.1, 0.15) is 17.5 Å². The molecule has 1 fully saturated rings. The number of benzene rings is 1.